The Morgan fingerprint density at radius 1 is 0.944 bits per heavy atom. The fourth-order valence-electron chi connectivity index (χ4n) is 3.24. The third-order valence-electron chi connectivity index (χ3n) is 4.55. The summed E-state index contributed by atoms with van der Waals surface area (Å²) in [5, 5.41) is 0. The van der Waals surface area contributed by atoms with Crippen molar-refractivity contribution in [1.82, 2.24) is 0 Å². The maximum Gasteiger partial charge on any atom is 0.136 e. The number of rotatable bonds is 10. The molecule has 1 nitrogen and oxygen atoms in total. The molecule has 0 saturated heterocycles. The molecule has 0 aromatic rings. The summed E-state index contributed by atoms with van der Waals surface area (Å²) >= 11 is 0. The van der Waals surface area contributed by atoms with Crippen LogP contribution in [0.4, 0.5) is 0 Å². The van der Waals surface area contributed by atoms with Gasteiger partial charge in [-0.15, -0.1) is 0 Å². The van der Waals surface area contributed by atoms with Crippen molar-refractivity contribution in [3.63, 3.8) is 0 Å². The topological polar surface area (TPSA) is 17.1 Å². The van der Waals surface area contributed by atoms with E-state index in [0.29, 0.717) is 17.6 Å². The van der Waals surface area contributed by atoms with E-state index in [1.165, 1.54) is 57.8 Å². The highest BCUT2D eigenvalue weighted by atomic mass is 16.1. The number of hydrogen-bond acceptors (Lipinski definition) is 1. The second-order valence-electron chi connectivity index (χ2n) is 6.21. The van der Waals surface area contributed by atoms with Gasteiger partial charge in [0.15, 0.2) is 0 Å². The van der Waals surface area contributed by atoms with Crippen molar-refractivity contribution in [2.75, 3.05) is 0 Å². The molecule has 18 heavy (non-hydrogen) atoms. The highest BCUT2D eigenvalue weighted by molar-refractivity contribution is 5.81. The second kappa shape index (κ2) is 9.58. The highest BCUT2D eigenvalue weighted by Gasteiger charge is 2.28. The molecule has 1 rings (SSSR count). The lowest BCUT2D eigenvalue weighted by atomic mass is 9.90. The van der Waals surface area contributed by atoms with Crippen LogP contribution in [-0.4, -0.2) is 5.78 Å². The summed E-state index contributed by atoms with van der Waals surface area (Å²) in [4.78, 5) is 12.0. The number of Topliss-reactive ketones (excluding diaryl/α,β-unsaturated/α-hetero) is 1. The summed E-state index contributed by atoms with van der Waals surface area (Å²) in [6.45, 7) is 4.51. The highest BCUT2D eigenvalue weighted by Crippen LogP contribution is 2.32. The zero-order chi connectivity index (χ0) is 13.2. The van der Waals surface area contributed by atoms with Crippen LogP contribution in [-0.2, 0) is 4.79 Å². The maximum absolute atomic E-state index is 12.0. The van der Waals surface area contributed by atoms with E-state index in [9.17, 15) is 4.79 Å². The second-order valence-corrected chi connectivity index (χ2v) is 6.21. The van der Waals surface area contributed by atoms with Crippen LogP contribution in [0.2, 0.25) is 0 Å². The lowest BCUT2D eigenvalue weighted by molar-refractivity contribution is -0.123. The Hall–Kier alpha value is -0.330. The molecule has 1 saturated carbocycles. The summed E-state index contributed by atoms with van der Waals surface area (Å²) in [5.74, 6) is 1.63. The molecular formula is C17H32O. The van der Waals surface area contributed by atoms with Crippen LogP contribution < -0.4 is 0 Å². The average molecular weight is 252 g/mol. The summed E-state index contributed by atoms with van der Waals surface area (Å²) in [6.07, 6.45) is 15.2. The van der Waals surface area contributed by atoms with Gasteiger partial charge in [0.05, 0.1) is 0 Å². The summed E-state index contributed by atoms with van der Waals surface area (Å²) < 4.78 is 0. The fourth-order valence-corrected chi connectivity index (χ4v) is 3.24. The van der Waals surface area contributed by atoms with Crippen LogP contribution in [0.5, 0.6) is 0 Å². The first kappa shape index (κ1) is 15.7. The molecule has 0 spiro atoms. The zero-order valence-corrected chi connectivity index (χ0v) is 12.5. The summed E-state index contributed by atoms with van der Waals surface area (Å²) in [7, 11) is 0. The molecule has 0 aromatic heterocycles. The van der Waals surface area contributed by atoms with Crippen molar-refractivity contribution in [2.24, 2.45) is 11.8 Å². The molecular weight excluding hydrogens is 220 g/mol. The molecule has 0 amide bonds. The lowest BCUT2D eigenvalue weighted by Gasteiger charge is -2.13. The molecule has 106 valence electrons. The molecule has 0 aliphatic heterocycles. The van der Waals surface area contributed by atoms with Gasteiger partial charge in [0.2, 0.25) is 0 Å². The molecule has 1 aliphatic carbocycles. The molecule has 0 radical (unpaired) electrons. The van der Waals surface area contributed by atoms with Crippen molar-refractivity contribution >= 4 is 5.78 Å². The first-order valence-electron chi connectivity index (χ1n) is 8.28. The van der Waals surface area contributed by atoms with Crippen LogP contribution in [0.25, 0.3) is 0 Å². The molecule has 1 fully saturated rings. The average Bonchev–Trinajstić information content (AvgIpc) is 2.79. The predicted octanol–water partition coefficient (Wildman–Crippen LogP) is 5.52. The van der Waals surface area contributed by atoms with Gasteiger partial charge in [0, 0.05) is 12.3 Å². The number of carbonyl (C=O) groups excluding carboxylic acids is 1. The number of unbranched alkanes of at least 4 members (excludes halogenated alkanes) is 7. The molecule has 2 unspecified atom stereocenters. The van der Waals surface area contributed by atoms with Gasteiger partial charge in [-0.25, -0.2) is 0 Å². The van der Waals surface area contributed by atoms with E-state index in [1.807, 2.05) is 0 Å². The van der Waals surface area contributed by atoms with E-state index >= 15 is 0 Å². The summed E-state index contributed by atoms with van der Waals surface area (Å²) in [5.41, 5.74) is 0. The largest absolute Gasteiger partial charge is 0.299 e. The minimum absolute atomic E-state index is 0.412. The lowest BCUT2D eigenvalue weighted by Crippen LogP contribution is -2.16. The fraction of sp³-hybridized carbons (Fsp3) is 0.941. The molecule has 2 atom stereocenters. The third kappa shape index (κ3) is 6.02. The quantitative estimate of drug-likeness (QED) is 0.468. The van der Waals surface area contributed by atoms with E-state index in [0.717, 1.165) is 19.3 Å². The van der Waals surface area contributed by atoms with Gasteiger partial charge in [0.25, 0.3) is 0 Å². The minimum Gasteiger partial charge on any atom is -0.299 e. The first-order valence-corrected chi connectivity index (χ1v) is 8.28. The Kier molecular flexibility index (Phi) is 8.37. The van der Waals surface area contributed by atoms with Crippen molar-refractivity contribution < 1.29 is 4.79 Å². The van der Waals surface area contributed by atoms with E-state index in [2.05, 4.69) is 13.8 Å². The molecule has 0 bridgehead atoms. The van der Waals surface area contributed by atoms with Gasteiger partial charge in [-0.2, -0.15) is 0 Å². The monoisotopic (exact) mass is 252 g/mol. The molecule has 0 heterocycles. The van der Waals surface area contributed by atoms with Crippen molar-refractivity contribution in [1.29, 1.82) is 0 Å². The van der Waals surface area contributed by atoms with Crippen molar-refractivity contribution in [3.05, 3.63) is 0 Å². The Bertz CT molecular complexity index is 222. The number of hydrogen-bond donors (Lipinski definition) is 0. The van der Waals surface area contributed by atoms with Gasteiger partial charge in [0.1, 0.15) is 5.78 Å². The van der Waals surface area contributed by atoms with E-state index in [1.54, 1.807) is 0 Å². The SMILES string of the molecule is CCCCCCCCCCC(=O)C1CCCC1C. The van der Waals surface area contributed by atoms with Crippen LogP contribution >= 0.6 is 0 Å². The Labute approximate surface area is 114 Å². The van der Waals surface area contributed by atoms with Crippen molar-refractivity contribution in [3.8, 4) is 0 Å². The first-order chi connectivity index (χ1) is 8.75. The van der Waals surface area contributed by atoms with Gasteiger partial charge >= 0.3 is 0 Å². The van der Waals surface area contributed by atoms with Crippen LogP contribution in [0.15, 0.2) is 0 Å². The van der Waals surface area contributed by atoms with Gasteiger partial charge in [-0.3, -0.25) is 4.79 Å². The zero-order valence-electron chi connectivity index (χ0n) is 12.5. The third-order valence-corrected chi connectivity index (χ3v) is 4.55. The van der Waals surface area contributed by atoms with Crippen molar-refractivity contribution in [2.45, 2.75) is 90.9 Å². The molecule has 0 aromatic carbocycles. The molecule has 0 N–H and O–H groups in total. The van der Waals surface area contributed by atoms with Crippen LogP contribution in [0, 0.1) is 11.8 Å². The normalized spacial score (nSPS) is 23.4. The predicted molar refractivity (Wildman–Crippen MR) is 78.7 cm³/mol. The van der Waals surface area contributed by atoms with E-state index < -0.39 is 0 Å². The maximum atomic E-state index is 12.0. The Morgan fingerprint density at radius 2 is 1.56 bits per heavy atom. The standard InChI is InChI=1S/C17H32O/c1-3-4-5-6-7-8-9-10-14-17(18)16-13-11-12-15(16)2/h15-16H,3-14H2,1-2H3. The van der Waals surface area contributed by atoms with E-state index in [-0.39, 0.29) is 0 Å². The van der Waals surface area contributed by atoms with E-state index in [4.69, 9.17) is 0 Å². The minimum atomic E-state index is 0.412. The Balaban J connectivity index is 1.92. The molecule has 1 aliphatic rings. The number of carbonyl (C=O) groups is 1. The van der Waals surface area contributed by atoms with Gasteiger partial charge < -0.3 is 0 Å². The smallest absolute Gasteiger partial charge is 0.136 e. The van der Waals surface area contributed by atoms with Crippen LogP contribution in [0.1, 0.15) is 90.9 Å². The Morgan fingerprint density at radius 3 is 2.11 bits per heavy atom. The van der Waals surface area contributed by atoms with Gasteiger partial charge in [-0.1, -0.05) is 65.2 Å². The molecule has 1 heteroatoms. The van der Waals surface area contributed by atoms with Crippen LogP contribution in [0.3, 0.4) is 0 Å². The number of ketones is 1. The van der Waals surface area contributed by atoms with Gasteiger partial charge in [-0.05, 0) is 25.2 Å². The summed E-state index contributed by atoms with van der Waals surface area (Å²) in [6, 6.07) is 0.